The Kier molecular flexibility index (Phi) is 11.4. The van der Waals surface area contributed by atoms with Gasteiger partial charge in [-0.15, -0.1) is 18.3 Å². The summed E-state index contributed by atoms with van der Waals surface area (Å²) in [6.07, 6.45) is 4.89. The molecular weight excluding hydrogens is 540 g/mol. The zero-order chi connectivity index (χ0) is 27.7. The number of ether oxygens (including phenoxy) is 2. The van der Waals surface area contributed by atoms with Gasteiger partial charge in [0.2, 0.25) is 5.89 Å². The van der Waals surface area contributed by atoms with Gasteiger partial charge in [-0.25, -0.2) is 9.67 Å². The van der Waals surface area contributed by atoms with Gasteiger partial charge < -0.3 is 23.8 Å². The molecule has 0 aliphatic heterocycles. The van der Waals surface area contributed by atoms with E-state index in [4.69, 9.17) is 9.15 Å². The van der Waals surface area contributed by atoms with Gasteiger partial charge in [0.15, 0.2) is 0 Å². The number of aryl methyl sites for hydroxylation is 2. The maximum absolute atomic E-state index is 12.3. The summed E-state index contributed by atoms with van der Waals surface area (Å²) in [5, 5.41) is 18.3. The second-order valence-corrected chi connectivity index (χ2v) is 8.52. The normalized spacial score (nSPS) is 11.4. The maximum Gasteiger partial charge on any atom is 1.00 e. The molecule has 0 fully saturated rings. The Balaban J connectivity index is 0.00000441. The van der Waals surface area contributed by atoms with E-state index in [1.165, 1.54) is 35.2 Å². The molecule has 0 aliphatic rings. The molecule has 0 radical (unpaired) electrons. The van der Waals surface area contributed by atoms with Crippen molar-refractivity contribution >= 4 is 18.1 Å². The van der Waals surface area contributed by atoms with Crippen LogP contribution in [0.5, 0.6) is 11.5 Å². The molecule has 0 atom stereocenters. The van der Waals surface area contributed by atoms with Crippen molar-refractivity contribution in [1.82, 2.24) is 20.0 Å². The molecule has 4 aromatic rings. The van der Waals surface area contributed by atoms with Crippen LogP contribution in [-0.2, 0) is 30.8 Å². The third-order valence-corrected chi connectivity index (χ3v) is 5.54. The van der Waals surface area contributed by atoms with Gasteiger partial charge in [-0.2, -0.15) is 0 Å². The number of benzene rings is 2. The van der Waals surface area contributed by atoms with Crippen molar-refractivity contribution in [1.29, 1.82) is 0 Å². The SMILES string of the molecule is O=C([O-])Cn1nncc1CCCCc1ccc(OCc2coc(C=Cc3ccc(OC(F)(F)F)cc3)n2)cc1.[Na+]. The summed E-state index contributed by atoms with van der Waals surface area (Å²) in [5.41, 5.74) is 3.15. The predicted molar refractivity (Wildman–Crippen MR) is 131 cm³/mol. The van der Waals surface area contributed by atoms with Gasteiger partial charge >= 0.3 is 35.9 Å². The van der Waals surface area contributed by atoms with E-state index in [1.54, 1.807) is 18.3 Å². The number of hydrogen-bond donors (Lipinski definition) is 0. The summed E-state index contributed by atoms with van der Waals surface area (Å²) >= 11 is 0. The molecule has 0 unspecified atom stereocenters. The number of aromatic nitrogens is 4. The Morgan fingerprint density at radius 2 is 1.70 bits per heavy atom. The standard InChI is InChI=1S/C27H25F3N4O5.Na/c28-27(29,30)39-24-12-7-20(8-13-24)9-14-25-32-21(18-38-25)17-37-23-10-5-19(6-11-23)3-1-2-4-22-15-31-33-34(22)16-26(35)36;/h5-15,18H,1-4,16-17H2,(H,35,36);/q;+1/p-1. The van der Waals surface area contributed by atoms with E-state index in [1.807, 2.05) is 24.3 Å². The molecule has 4 rings (SSSR count). The second-order valence-electron chi connectivity index (χ2n) is 8.52. The molecule has 0 saturated heterocycles. The quantitative estimate of drug-likeness (QED) is 0.176. The van der Waals surface area contributed by atoms with E-state index in [9.17, 15) is 23.1 Å². The van der Waals surface area contributed by atoms with Crippen LogP contribution in [0.1, 0.15) is 41.2 Å². The summed E-state index contributed by atoms with van der Waals surface area (Å²) in [5.74, 6) is -0.483. The Labute approximate surface area is 249 Å². The van der Waals surface area contributed by atoms with E-state index in [0.717, 1.165) is 30.5 Å². The molecule has 0 amide bonds. The van der Waals surface area contributed by atoms with Gasteiger partial charge in [-0.1, -0.05) is 29.5 Å². The molecular formula is C27H24F3N4NaO5. The van der Waals surface area contributed by atoms with Gasteiger partial charge in [0, 0.05) is 6.08 Å². The van der Waals surface area contributed by atoms with Gasteiger partial charge in [0.1, 0.15) is 30.1 Å². The largest absolute Gasteiger partial charge is 1.00 e. The first-order chi connectivity index (χ1) is 18.7. The number of aliphatic carboxylic acids is 1. The first-order valence-electron chi connectivity index (χ1n) is 12.0. The fraction of sp³-hybridized carbons (Fsp3) is 0.259. The van der Waals surface area contributed by atoms with Crippen LogP contribution < -0.4 is 44.1 Å². The molecule has 2 aromatic heterocycles. The van der Waals surface area contributed by atoms with Crippen molar-refractivity contribution in [3.05, 3.63) is 89.4 Å². The van der Waals surface area contributed by atoms with Crippen molar-refractivity contribution < 1.29 is 66.5 Å². The molecule has 40 heavy (non-hydrogen) atoms. The zero-order valence-electron chi connectivity index (χ0n) is 21.6. The van der Waals surface area contributed by atoms with Gasteiger partial charge in [-0.3, -0.25) is 0 Å². The van der Waals surface area contributed by atoms with Crippen LogP contribution in [0, 0.1) is 0 Å². The second kappa shape index (κ2) is 14.7. The maximum atomic E-state index is 12.3. The number of hydrogen-bond acceptors (Lipinski definition) is 8. The molecule has 0 bridgehead atoms. The van der Waals surface area contributed by atoms with Crippen molar-refractivity contribution in [2.75, 3.05) is 0 Å². The number of alkyl halides is 3. The number of nitrogens with zero attached hydrogens (tertiary/aromatic N) is 4. The minimum atomic E-state index is -4.73. The minimum Gasteiger partial charge on any atom is -0.548 e. The van der Waals surface area contributed by atoms with E-state index >= 15 is 0 Å². The Morgan fingerprint density at radius 1 is 1.00 bits per heavy atom. The minimum absolute atomic E-state index is 0. The van der Waals surface area contributed by atoms with Crippen LogP contribution in [0.4, 0.5) is 13.2 Å². The smallest absolute Gasteiger partial charge is 0.548 e. The van der Waals surface area contributed by atoms with Gasteiger partial charge in [0.05, 0.1) is 24.4 Å². The van der Waals surface area contributed by atoms with E-state index in [0.29, 0.717) is 29.3 Å². The monoisotopic (exact) mass is 564 g/mol. The number of carboxylic acid groups (broad SMARTS) is 1. The third kappa shape index (κ3) is 10.2. The van der Waals surface area contributed by atoms with Crippen LogP contribution in [0.3, 0.4) is 0 Å². The number of unbranched alkanes of at least 4 members (excludes halogenated alkanes) is 1. The summed E-state index contributed by atoms with van der Waals surface area (Å²) in [6, 6.07) is 13.2. The summed E-state index contributed by atoms with van der Waals surface area (Å²) in [4.78, 5) is 15.1. The molecule has 0 saturated carbocycles. The van der Waals surface area contributed by atoms with E-state index < -0.39 is 12.3 Å². The Morgan fingerprint density at radius 3 is 2.40 bits per heavy atom. The van der Waals surface area contributed by atoms with Gasteiger partial charge in [-0.05, 0) is 67.2 Å². The van der Waals surface area contributed by atoms with Crippen molar-refractivity contribution in [3.63, 3.8) is 0 Å². The molecule has 204 valence electrons. The zero-order valence-corrected chi connectivity index (χ0v) is 23.6. The number of carbonyl (C=O) groups is 1. The first-order valence-corrected chi connectivity index (χ1v) is 12.0. The molecule has 2 aromatic carbocycles. The molecule has 0 aliphatic carbocycles. The number of carbonyl (C=O) groups excluding carboxylic acids is 1. The molecule has 0 spiro atoms. The molecule has 0 N–H and O–H groups in total. The number of rotatable bonds is 13. The van der Waals surface area contributed by atoms with Crippen LogP contribution in [-0.4, -0.2) is 32.3 Å². The Hall–Kier alpha value is -3.61. The Bertz CT molecular complexity index is 1390. The van der Waals surface area contributed by atoms with Crippen LogP contribution in [0.2, 0.25) is 0 Å². The van der Waals surface area contributed by atoms with Crippen molar-refractivity contribution in [2.24, 2.45) is 0 Å². The fourth-order valence-corrected chi connectivity index (χ4v) is 3.69. The summed E-state index contributed by atoms with van der Waals surface area (Å²) in [7, 11) is 0. The van der Waals surface area contributed by atoms with Crippen LogP contribution in [0.25, 0.3) is 12.2 Å². The molecule has 2 heterocycles. The summed E-state index contributed by atoms with van der Waals surface area (Å²) in [6.45, 7) is -0.0988. The topological polar surface area (TPSA) is 115 Å². The molecule has 9 nitrogen and oxygen atoms in total. The van der Waals surface area contributed by atoms with E-state index in [2.05, 4.69) is 20.0 Å². The number of oxazole rings is 1. The van der Waals surface area contributed by atoms with Crippen LogP contribution in [0.15, 0.2) is 65.4 Å². The average molecular weight is 564 g/mol. The predicted octanol–water partition coefficient (Wildman–Crippen LogP) is 1.23. The first kappa shape index (κ1) is 30.9. The fourth-order valence-electron chi connectivity index (χ4n) is 3.69. The molecule has 13 heteroatoms. The number of halogens is 3. The summed E-state index contributed by atoms with van der Waals surface area (Å²) < 4.78 is 53.1. The van der Waals surface area contributed by atoms with Crippen molar-refractivity contribution in [3.8, 4) is 11.5 Å². The third-order valence-electron chi connectivity index (χ3n) is 5.54. The van der Waals surface area contributed by atoms with Gasteiger partial charge in [0.25, 0.3) is 0 Å². The van der Waals surface area contributed by atoms with Crippen molar-refractivity contribution in [2.45, 2.75) is 45.2 Å². The average Bonchev–Trinajstić information content (AvgIpc) is 3.53. The van der Waals surface area contributed by atoms with E-state index in [-0.39, 0.29) is 48.5 Å². The van der Waals surface area contributed by atoms with Crippen LogP contribution >= 0.6 is 0 Å². The number of carboxylic acids is 1.